The summed E-state index contributed by atoms with van der Waals surface area (Å²) in [6, 6.07) is 11.8. The van der Waals surface area contributed by atoms with E-state index in [0.717, 1.165) is 28.1 Å². The first kappa shape index (κ1) is 15.4. The second-order valence-corrected chi connectivity index (χ2v) is 6.16. The van der Waals surface area contributed by atoms with E-state index in [0.29, 0.717) is 12.5 Å². The predicted molar refractivity (Wildman–Crippen MR) is 100 cm³/mol. The highest BCUT2D eigenvalue weighted by atomic mass is 32.1. The first-order valence-electron chi connectivity index (χ1n) is 7.84. The molecule has 4 aromatic heterocycles. The van der Waals surface area contributed by atoms with Crippen LogP contribution in [0.5, 0.6) is 0 Å². The highest BCUT2D eigenvalue weighted by Gasteiger charge is 2.12. The van der Waals surface area contributed by atoms with Crippen LogP contribution in [-0.2, 0) is 6.54 Å². The number of nitrogens with zero attached hydrogens (tertiary/aromatic N) is 4. The smallest absolute Gasteiger partial charge is 0.223 e. The third kappa shape index (κ3) is 3.54. The standard InChI is InChI=1S/C19H15N5S/c1-2-8-21-16(5-1)11-22-19-23-12-17(15-6-9-25-13-15)18(24-19)14-4-3-7-20-10-14/h1-10,12-13H,11H2,(H,22,23,24). The number of pyridine rings is 2. The maximum absolute atomic E-state index is 4.73. The van der Waals surface area contributed by atoms with E-state index < -0.39 is 0 Å². The zero-order chi connectivity index (χ0) is 16.9. The van der Waals surface area contributed by atoms with Crippen molar-refractivity contribution in [3.05, 3.63) is 77.6 Å². The lowest BCUT2D eigenvalue weighted by atomic mass is 10.0. The monoisotopic (exact) mass is 345 g/mol. The molecule has 0 spiro atoms. The first-order valence-corrected chi connectivity index (χ1v) is 8.78. The Morgan fingerprint density at radius 2 is 1.92 bits per heavy atom. The summed E-state index contributed by atoms with van der Waals surface area (Å²) in [7, 11) is 0. The third-order valence-electron chi connectivity index (χ3n) is 3.71. The van der Waals surface area contributed by atoms with Gasteiger partial charge in [0.05, 0.1) is 17.9 Å². The molecule has 0 aliphatic carbocycles. The Bertz CT molecular complexity index is 940. The lowest BCUT2D eigenvalue weighted by molar-refractivity contribution is 1.00. The van der Waals surface area contributed by atoms with Crippen LogP contribution in [0.4, 0.5) is 5.95 Å². The van der Waals surface area contributed by atoms with Crippen molar-refractivity contribution < 1.29 is 0 Å². The van der Waals surface area contributed by atoms with E-state index in [1.807, 2.05) is 42.7 Å². The van der Waals surface area contributed by atoms with Gasteiger partial charge in [-0.05, 0) is 46.7 Å². The molecule has 0 saturated carbocycles. The van der Waals surface area contributed by atoms with Crippen molar-refractivity contribution in [3.8, 4) is 22.4 Å². The normalized spacial score (nSPS) is 10.6. The van der Waals surface area contributed by atoms with Gasteiger partial charge in [0.2, 0.25) is 5.95 Å². The largest absolute Gasteiger partial charge is 0.349 e. The molecule has 4 heterocycles. The van der Waals surface area contributed by atoms with Crippen LogP contribution in [0.1, 0.15) is 5.69 Å². The molecule has 0 bridgehead atoms. The summed E-state index contributed by atoms with van der Waals surface area (Å²) in [6.07, 6.45) is 7.21. The molecular weight excluding hydrogens is 330 g/mol. The maximum Gasteiger partial charge on any atom is 0.223 e. The summed E-state index contributed by atoms with van der Waals surface area (Å²) in [5.74, 6) is 0.573. The van der Waals surface area contributed by atoms with Gasteiger partial charge < -0.3 is 5.32 Å². The fourth-order valence-electron chi connectivity index (χ4n) is 2.49. The fraction of sp³-hybridized carbons (Fsp3) is 0.0526. The summed E-state index contributed by atoms with van der Waals surface area (Å²) < 4.78 is 0. The van der Waals surface area contributed by atoms with Crippen molar-refractivity contribution in [3.63, 3.8) is 0 Å². The minimum absolute atomic E-state index is 0.573. The Kier molecular flexibility index (Phi) is 4.43. The first-order chi connectivity index (χ1) is 12.4. The quantitative estimate of drug-likeness (QED) is 0.585. The van der Waals surface area contributed by atoms with Crippen LogP contribution in [0, 0.1) is 0 Å². The van der Waals surface area contributed by atoms with Gasteiger partial charge in [0, 0.05) is 35.9 Å². The molecule has 122 valence electrons. The van der Waals surface area contributed by atoms with E-state index >= 15 is 0 Å². The number of hydrogen-bond acceptors (Lipinski definition) is 6. The molecule has 0 radical (unpaired) electrons. The molecule has 0 atom stereocenters. The molecule has 0 unspecified atom stereocenters. The molecule has 0 aromatic carbocycles. The summed E-state index contributed by atoms with van der Waals surface area (Å²) >= 11 is 1.65. The average molecular weight is 345 g/mol. The van der Waals surface area contributed by atoms with E-state index in [-0.39, 0.29) is 0 Å². The predicted octanol–water partition coefficient (Wildman–Crippen LogP) is 4.27. The van der Waals surface area contributed by atoms with Gasteiger partial charge >= 0.3 is 0 Å². The van der Waals surface area contributed by atoms with Crippen LogP contribution < -0.4 is 5.32 Å². The van der Waals surface area contributed by atoms with Crippen molar-refractivity contribution in [2.75, 3.05) is 5.32 Å². The number of anilines is 1. The third-order valence-corrected chi connectivity index (χ3v) is 4.39. The molecule has 0 amide bonds. The molecule has 0 fully saturated rings. The zero-order valence-electron chi connectivity index (χ0n) is 13.3. The molecular formula is C19H15N5S. The lowest BCUT2D eigenvalue weighted by Crippen LogP contribution is -2.06. The summed E-state index contributed by atoms with van der Waals surface area (Å²) in [5, 5.41) is 7.39. The fourth-order valence-corrected chi connectivity index (χ4v) is 3.15. The molecule has 25 heavy (non-hydrogen) atoms. The average Bonchev–Trinajstić information content (AvgIpc) is 3.22. The maximum atomic E-state index is 4.73. The van der Waals surface area contributed by atoms with E-state index in [4.69, 9.17) is 4.98 Å². The summed E-state index contributed by atoms with van der Waals surface area (Å²) in [5.41, 5.74) is 4.88. The van der Waals surface area contributed by atoms with Crippen LogP contribution in [0.15, 0.2) is 71.9 Å². The summed E-state index contributed by atoms with van der Waals surface area (Å²) in [6.45, 7) is 0.575. The lowest BCUT2D eigenvalue weighted by Gasteiger charge is -2.10. The SMILES string of the molecule is c1ccc(CNc2ncc(-c3ccsc3)c(-c3cccnc3)n2)nc1. The highest BCUT2D eigenvalue weighted by molar-refractivity contribution is 7.08. The van der Waals surface area contributed by atoms with Crippen LogP contribution in [-0.4, -0.2) is 19.9 Å². The molecule has 0 aliphatic rings. The number of thiophene rings is 1. The Morgan fingerprint density at radius 1 is 0.920 bits per heavy atom. The highest BCUT2D eigenvalue weighted by Crippen LogP contribution is 2.31. The topological polar surface area (TPSA) is 63.6 Å². The van der Waals surface area contributed by atoms with Crippen LogP contribution in [0.2, 0.25) is 0 Å². The number of rotatable bonds is 5. The van der Waals surface area contributed by atoms with Crippen molar-refractivity contribution in [1.29, 1.82) is 0 Å². The number of aromatic nitrogens is 4. The molecule has 6 heteroatoms. The van der Waals surface area contributed by atoms with E-state index in [9.17, 15) is 0 Å². The number of hydrogen-bond donors (Lipinski definition) is 1. The zero-order valence-corrected chi connectivity index (χ0v) is 14.1. The van der Waals surface area contributed by atoms with Gasteiger partial charge in [-0.3, -0.25) is 9.97 Å². The Morgan fingerprint density at radius 3 is 2.68 bits per heavy atom. The molecule has 4 rings (SSSR count). The second-order valence-electron chi connectivity index (χ2n) is 5.38. The van der Waals surface area contributed by atoms with Crippen molar-refractivity contribution in [2.24, 2.45) is 0 Å². The van der Waals surface area contributed by atoms with Gasteiger partial charge in [-0.25, -0.2) is 9.97 Å². The molecule has 5 nitrogen and oxygen atoms in total. The number of nitrogens with one attached hydrogen (secondary N) is 1. The Hall–Kier alpha value is -3.12. The van der Waals surface area contributed by atoms with Gasteiger partial charge in [-0.15, -0.1) is 0 Å². The minimum atomic E-state index is 0.573. The van der Waals surface area contributed by atoms with Crippen molar-refractivity contribution >= 4 is 17.3 Å². The van der Waals surface area contributed by atoms with E-state index in [1.165, 1.54) is 0 Å². The molecule has 1 N–H and O–H groups in total. The van der Waals surface area contributed by atoms with Crippen LogP contribution in [0.3, 0.4) is 0 Å². The Labute approximate surface area is 149 Å². The van der Waals surface area contributed by atoms with Crippen LogP contribution >= 0.6 is 11.3 Å². The molecule has 4 aromatic rings. The van der Waals surface area contributed by atoms with Crippen LogP contribution in [0.25, 0.3) is 22.4 Å². The Balaban J connectivity index is 1.68. The van der Waals surface area contributed by atoms with Gasteiger partial charge in [-0.2, -0.15) is 11.3 Å². The van der Waals surface area contributed by atoms with Crippen molar-refractivity contribution in [2.45, 2.75) is 6.54 Å². The van der Waals surface area contributed by atoms with Gasteiger partial charge in [-0.1, -0.05) is 6.07 Å². The van der Waals surface area contributed by atoms with E-state index in [2.05, 4.69) is 37.1 Å². The summed E-state index contributed by atoms with van der Waals surface area (Å²) in [4.78, 5) is 17.7. The van der Waals surface area contributed by atoms with Crippen molar-refractivity contribution in [1.82, 2.24) is 19.9 Å². The van der Waals surface area contributed by atoms with Gasteiger partial charge in [0.1, 0.15) is 0 Å². The molecule has 0 aliphatic heterocycles. The second kappa shape index (κ2) is 7.19. The minimum Gasteiger partial charge on any atom is -0.349 e. The van der Waals surface area contributed by atoms with Gasteiger partial charge in [0.25, 0.3) is 0 Å². The molecule has 0 saturated heterocycles. The van der Waals surface area contributed by atoms with E-state index in [1.54, 1.807) is 23.7 Å². The van der Waals surface area contributed by atoms with Gasteiger partial charge in [0.15, 0.2) is 0 Å².